The Morgan fingerprint density at radius 2 is 1.81 bits per heavy atom. The van der Waals surface area contributed by atoms with Gasteiger partial charge in [-0.2, -0.15) is 0 Å². The molecule has 0 saturated heterocycles. The second-order valence-corrected chi connectivity index (χ2v) is 7.17. The topological polar surface area (TPSA) is 66.4 Å². The van der Waals surface area contributed by atoms with Crippen molar-refractivity contribution in [3.63, 3.8) is 0 Å². The average Bonchev–Trinajstić information content (AvgIpc) is 2.08. The molecule has 0 heterocycles. The summed E-state index contributed by atoms with van der Waals surface area (Å²) in [5.74, 6) is -0.769. The highest BCUT2D eigenvalue weighted by Gasteiger charge is 2.24. The Bertz CT molecular complexity index is 258. The molecule has 1 atom stereocenters. The standard InChI is InChI=1S/C11H23NO3S/c1-11(2,3)9(13)7-6-8(10(14)15)12-16(4)5/h8,12,16H,6-7H2,1-5H3,(H,14,15). The Morgan fingerprint density at radius 3 is 2.12 bits per heavy atom. The van der Waals surface area contributed by atoms with Crippen LogP contribution >= 0.6 is 11.1 Å². The van der Waals surface area contributed by atoms with Crippen molar-refractivity contribution in [1.82, 2.24) is 4.72 Å². The summed E-state index contributed by atoms with van der Waals surface area (Å²) in [5.41, 5.74) is -0.383. The lowest BCUT2D eigenvalue weighted by Gasteiger charge is -2.21. The van der Waals surface area contributed by atoms with Crippen molar-refractivity contribution in [2.45, 2.75) is 39.7 Å². The third-order valence-corrected chi connectivity index (χ3v) is 3.04. The van der Waals surface area contributed by atoms with E-state index in [4.69, 9.17) is 5.11 Å². The normalized spacial score (nSPS) is 14.4. The molecule has 0 aromatic carbocycles. The zero-order chi connectivity index (χ0) is 12.9. The number of nitrogens with one attached hydrogen (secondary N) is 1. The summed E-state index contributed by atoms with van der Waals surface area (Å²) in [5, 5.41) is 8.97. The van der Waals surface area contributed by atoms with Gasteiger partial charge in [-0.25, -0.2) is 11.1 Å². The van der Waals surface area contributed by atoms with Crippen molar-refractivity contribution < 1.29 is 14.7 Å². The van der Waals surface area contributed by atoms with E-state index in [-0.39, 0.29) is 11.2 Å². The molecule has 0 aliphatic rings. The molecule has 0 aromatic rings. The predicted molar refractivity (Wildman–Crippen MR) is 69.1 cm³/mol. The van der Waals surface area contributed by atoms with Crippen molar-refractivity contribution in [3.05, 3.63) is 0 Å². The summed E-state index contributed by atoms with van der Waals surface area (Å²) in [6.45, 7) is 5.56. The van der Waals surface area contributed by atoms with Gasteiger partial charge in [-0.1, -0.05) is 20.8 Å². The molecule has 0 spiro atoms. The Morgan fingerprint density at radius 1 is 1.31 bits per heavy atom. The summed E-state index contributed by atoms with van der Waals surface area (Å²) < 4.78 is 3.00. The van der Waals surface area contributed by atoms with Crippen molar-refractivity contribution in [1.29, 1.82) is 0 Å². The van der Waals surface area contributed by atoms with Crippen LogP contribution < -0.4 is 4.72 Å². The van der Waals surface area contributed by atoms with Crippen molar-refractivity contribution in [3.8, 4) is 0 Å². The van der Waals surface area contributed by atoms with Crippen LogP contribution in [-0.4, -0.2) is 35.4 Å². The zero-order valence-electron chi connectivity index (χ0n) is 10.7. The fourth-order valence-electron chi connectivity index (χ4n) is 1.21. The van der Waals surface area contributed by atoms with Crippen LogP contribution in [0.5, 0.6) is 0 Å². The number of hydrogen-bond donors (Lipinski definition) is 3. The molecule has 0 aliphatic carbocycles. The first-order valence-electron chi connectivity index (χ1n) is 5.34. The third kappa shape index (κ3) is 6.12. The largest absolute Gasteiger partial charge is 0.480 e. The van der Waals surface area contributed by atoms with E-state index in [0.717, 1.165) is 0 Å². The maximum absolute atomic E-state index is 11.7. The van der Waals surface area contributed by atoms with Crippen LogP contribution in [0, 0.1) is 5.41 Å². The molecule has 0 saturated carbocycles. The highest BCUT2D eigenvalue weighted by atomic mass is 32.2. The predicted octanol–water partition coefficient (Wildman–Crippen LogP) is 1.60. The molecule has 4 nitrogen and oxygen atoms in total. The second-order valence-electron chi connectivity index (χ2n) is 5.13. The Balaban J connectivity index is 4.23. The average molecular weight is 249 g/mol. The molecule has 2 N–H and O–H groups in total. The van der Waals surface area contributed by atoms with Crippen molar-refractivity contribution in [2.24, 2.45) is 5.41 Å². The van der Waals surface area contributed by atoms with Crippen LogP contribution in [0.3, 0.4) is 0 Å². The van der Waals surface area contributed by atoms with Gasteiger partial charge in [0.2, 0.25) is 0 Å². The summed E-state index contributed by atoms with van der Waals surface area (Å²) in [4.78, 5) is 22.6. The zero-order valence-corrected chi connectivity index (χ0v) is 11.6. The number of carboxylic acid groups (broad SMARTS) is 1. The molecule has 96 valence electrons. The van der Waals surface area contributed by atoms with Crippen LogP contribution in [0.4, 0.5) is 0 Å². The molecule has 0 fully saturated rings. The number of carboxylic acids is 1. The molecule has 0 amide bonds. The smallest absolute Gasteiger partial charge is 0.321 e. The van der Waals surface area contributed by atoms with E-state index in [1.807, 2.05) is 33.3 Å². The summed E-state index contributed by atoms with van der Waals surface area (Å²) in [7, 11) is 0. The maximum atomic E-state index is 11.7. The summed E-state index contributed by atoms with van der Waals surface area (Å²) in [6, 6.07) is -0.604. The van der Waals surface area contributed by atoms with E-state index in [9.17, 15) is 9.59 Å². The van der Waals surface area contributed by atoms with Gasteiger partial charge in [-0.15, -0.1) is 0 Å². The maximum Gasteiger partial charge on any atom is 0.321 e. The van der Waals surface area contributed by atoms with E-state index < -0.39 is 23.1 Å². The van der Waals surface area contributed by atoms with Crippen molar-refractivity contribution >= 4 is 22.8 Å². The third-order valence-electron chi connectivity index (χ3n) is 2.21. The van der Waals surface area contributed by atoms with E-state index >= 15 is 0 Å². The lowest BCUT2D eigenvalue weighted by molar-refractivity contribution is -0.139. The quantitative estimate of drug-likeness (QED) is 0.626. The fourth-order valence-corrected chi connectivity index (χ4v) is 2.07. The van der Waals surface area contributed by atoms with Crippen LogP contribution in [0.25, 0.3) is 0 Å². The number of Topliss-reactive ketones (excluding diaryl/α,β-unsaturated/α-hetero) is 1. The first-order valence-corrected chi connectivity index (χ1v) is 7.58. The van der Waals surface area contributed by atoms with E-state index in [1.165, 1.54) is 0 Å². The van der Waals surface area contributed by atoms with E-state index in [1.54, 1.807) is 0 Å². The van der Waals surface area contributed by atoms with Gasteiger partial charge in [0.05, 0.1) is 0 Å². The van der Waals surface area contributed by atoms with Gasteiger partial charge in [-0.05, 0) is 18.9 Å². The molecular formula is C11H23NO3S. The second kappa shape index (κ2) is 6.25. The highest BCUT2D eigenvalue weighted by Crippen LogP contribution is 2.19. The minimum atomic E-state index is -0.877. The molecule has 1 unspecified atom stereocenters. The molecule has 0 bridgehead atoms. The van der Waals surface area contributed by atoms with Gasteiger partial charge in [0, 0.05) is 11.8 Å². The minimum absolute atomic E-state index is 0.108. The summed E-state index contributed by atoms with van der Waals surface area (Å²) >= 11 is -0.473. The van der Waals surface area contributed by atoms with E-state index in [2.05, 4.69) is 4.72 Å². The van der Waals surface area contributed by atoms with Gasteiger partial charge in [0.15, 0.2) is 0 Å². The van der Waals surface area contributed by atoms with Gasteiger partial charge >= 0.3 is 5.97 Å². The number of hydrogen-bond acceptors (Lipinski definition) is 3. The number of thiol groups is 1. The molecule has 0 aromatic heterocycles. The molecule has 0 radical (unpaired) electrons. The van der Waals surface area contributed by atoms with Crippen molar-refractivity contribution in [2.75, 3.05) is 12.5 Å². The van der Waals surface area contributed by atoms with Gasteiger partial charge in [0.1, 0.15) is 11.8 Å². The molecule has 16 heavy (non-hydrogen) atoms. The Hall–Kier alpha value is -0.550. The fraction of sp³-hybridized carbons (Fsp3) is 0.818. The first kappa shape index (κ1) is 15.4. The van der Waals surface area contributed by atoms with Gasteiger partial charge < -0.3 is 5.11 Å². The molecular weight excluding hydrogens is 226 g/mol. The van der Waals surface area contributed by atoms with Crippen LogP contribution in [-0.2, 0) is 9.59 Å². The lowest BCUT2D eigenvalue weighted by atomic mass is 9.87. The molecule has 0 aliphatic heterocycles. The first-order chi connectivity index (χ1) is 7.14. The number of rotatable bonds is 6. The minimum Gasteiger partial charge on any atom is -0.480 e. The van der Waals surface area contributed by atoms with Crippen LogP contribution in [0.2, 0.25) is 0 Å². The monoisotopic (exact) mass is 249 g/mol. The van der Waals surface area contributed by atoms with Gasteiger partial charge in [0.25, 0.3) is 0 Å². The van der Waals surface area contributed by atoms with Crippen LogP contribution in [0.1, 0.15) is 33.6 Å². The molecule has 0 rings (SSSR count). The molecule has 5 heteroatoms. The number of aliphatic carboxylic acids is 1. The van der Waals surface area contributed by atoms with E-state index in [0.29, 0.717) is 12.8 Å². The SMILES string of the molecule is C[SH](C)NC(CCC(=O)C(C)(C)C)C(=O)O. The highest BCUT2D eigenvalue weighted by molar-refractivity contribution is 8.14. The van der Waals surface area contributed by atoms with Crippen LogP contribution in [0.15, 0.2) is 0 Å². The number of carbonyl (C=O) groups excluding carboxylic acids is 1. The number of carbonyl (C=O) groups is 2. The number of ketones is 1. The van der Waals surface area contributed by atoms with Gasteiger partial charge in [-0.3, -0.25) is 14.3 Å². The summed E-state index contributed by atoms with van der Waals surface area (Å²) in [6.07, 6.45) is 4.59. The lowest BCUT2D eigenvalue weighted by Crippen LogP contribution is -2.35. The Labute approximate surface area is 100 Å². The Kier molecular flexibility index (Phi) is 6.04.